The number of ether oxygens (including phenoxy) is 1. The van der Waals surface area contributed by atoms with Crippen molar-refractivity contribution in [3.05, 3.63) is 77.4 Å². The molecule has 4 nitrogen and oxygen atoms in total. The van der Waals surface area contributed by atoms with Gasteiger partial charge in [0.2, 0.25) is 0 Å². The Bertz CT molecular complexity index is 912. The van der Waals surface area contributed by atoms with E-state index >= 15 is 0 Å². The van der Waals surface area contributed by atoms with Crippen molar-refractivity contribution < 1.29 is 19.4 Å². The number of fused-ring (bicyclic) bond motifs is 1. The number of carboxylic acid groups (broad SMARTS) is 1. The zero-order chi connectivity index (χ0) is 16.4. The first-order valence-electron chi connectivity index (χ1n) is 7.06. The lowest BCUT2D eigenvalue weighted by molar-refractivity contribution is 0.0692. The monoisotopic (exact) mass is 306 g/mol. The zero-order valence-corrected chi connectivity index (χ0v) is 12.4. The Morgan fingerprint density at radius 3 is 2.22 bits per heavy atom. The highest BCUT2D eigenvalue weighted by molar-refractivity contribution is 6.21. The minimum Gasteiger partial charge on any atom is -0.496 e. The Kier molecular flexibility index (Phi) is 3.81. The summed E-state index contributed by atoms with van der Waals surface area (Å²) in [5, 5.41) is 10.9. The molecule has 1 N–H and O–H groups in total. The average Bonchev–Trinajstić information content (AvgIpc) is 2.60. The largest absolute Gasteiger partial charge is 0.496 e. The predicted molar refractivity (Wildman–Crippen MR) is 87.3 cm³/mol. The van der Waals surface area contributed by atoms with Crippen LogP contribution in [0.1, 0.15) is 26.3 Å². The van der Waals surface area contributed by atoms with Crippen LogP contribution >= 0.6 is 0 Å². The Morgan fingerprint density at radius 2 is 1.52 bits per heavy atom. The van der Waals surface area contributed by atoms with Crippen LogP contribution < -0.4 is 4.74 Å². The zero-order valence-electron chi connectivity index (χ0n) is 12.4. The third-order valence-corrected chi connectivity index (χ3v) is 3.74. The normalized spacial score (nSPS) is 10.5. The van der Waals surface area contributed by atoms with Crippen LogP contribution in [0.4, 0.5) is 0 Å². The van der Waals surface area contributed by atoms with Crippen molar-refractivity contribution >= 4 is 22.5 Å². The fourth-order valence-corrected chi connectivity index (χ4v) is 2.66. The minimum absolute atomic E-state index is 0.0208. The van der Waals surface area contributed by atoms with Gasteiger partial charge in [0.15, 0.2) is 5.78 Å². The van der Waals surface area contributed by atoms with Gasteiger partial charge in [-0.25, -0.2) is 4.79 Å². The molecule has 0 fully saturated rings. The molecule has 0 heterocycles. The number of carbonyl (C=O) groups is 2. The van der Waals surface area contributed by atoms with E-state index in [0.717, 1.165) is 10.8 Å². The van der Waals surface area contributed by atoms with Crippen molar-refractivity contribution in [3.8, 4) is 5.75 Å². The molecule has 23 heavy (non-hydrogen) atoms. The second-order valence-electron chi connectivity index (χ2n) is 5.04. The molecule has 0 unspecified atom stereocenters. The van der Waals surface area contributed by atoms with Crippen LogP contribution in [0.2, 0.25) is 0 Å². The van der Waals surface area contributed by atoms with Gasteiger partial charge >= 0.3 is 5.97 Å². The lowest BCUT2D eigenvalue weighted by atomic mass is 9.93. The first kappa shape index (κ1) is 14.8. The fraction of sp³-hybridized carbons (Fsp3) is 0.0526. The number of rotatable bonds is 4. The van der Waals surface area contributed by atoms with Crippen LogP contribution in [-0.2, 0) is 0 Å². The van der Waals surface area contributed by atoms with Gasteiger partial charge in [0, 0.05) is 5.56 Å². The average molecular weight is 306 g/mol. The van der Waals surface area contributed by atoms with Crippen LogP contribution in [0.3, 0.4) is 0 Å². The summed E-state index contributed by atoms with van der Waals surface area (Å²) in [6, 6.07) is 17.2. The Morgan fingerprint density at radius 1 is 0.870 bits per heavy atom. The molecular weight excluding hydrogens is 292 g/mol. The standard InChI is InChI=1S/C19H14O4/c1-23-16-11-10-12-6-2-3-7-13(12)17(16)18(20)14-8-4-5-9-15(14)19(21)22/h2-11H,1H3,(H,21,22). The van der Waals surface area contributed by atoms with Crippen molar-refractivity contribution in [2.75, 3.05) is 7.11 Å². The highest BCUT2D eigenvalue weighted by atomic mass is 16.5. The van der Waals surface area contributed by atoms with Gasteiger partial charge in [-0.1, -0.05) is 48.5 Å². The van der Waals surface area contributed by atoms with Gasteiger partial charge in [-0.05, 0) is 22.9 Å². The predicted octanol–water partition coefficient (Wildman–Crippen LogP) is 3.78. The van der Waals surface area contributed by atoms with E-state index in [1.165, 1.54) is 19.2 Å². The van der Waals surface area contributed by atoms with E-state index < -0.39 is 5.97 Å². The maximum absolute atomic E-state index is 13.0. The van der Waals surface area contributed by atoms with E-state index in [1.54, 1.807) is 18.2 Å². The lowest BCUT2D eigenvalue weighted by Crippen LogP contribution is -2.11. The Labute approximate surface area is 132 Å². The minimum atomic E-state index is -1.13. The van der Waals surface area contributed by atoms with Crippen molar-refractivity contribution in [2.45, 2.75) is 0 Å². The number of carbonyl (C=O) groups excluding carboxylic acids is 1. The van der Waals surface area contributed by atoms with Gasteiger partial charge < -0.3 is 9.84 Å². The Balaban J connectivity index is 2.28. The molecule has 0 aromatic heterocycles. The summed E-state index contributed by atoms with van der Waals surface area (Å²) in [6.07, 6.45) is 0. The summed E-state index contributed by atoms with van der Waals surface area (Å²) < 4.78 is 5.33. The molecule has 4 heteroatoms. The molecule has 0 amide bonds. The molecule has 3 aromatic carbocycles. The number of ketones is 1. The van der Waals surface area contributed by atoms with E-state index in [1.807, 2.05) is 30.3 Å². The topological polar surface area (TPSA) is 63.6 Å². The molecule has 0 bridgehead atoms. The summed E-state index contributed by atoms with van der Waals surface area (Å²) in [5.41, 5.74) is 0.501. The van der Waals surface area contributed by atoms with Gasteiger partial charge in [0.05, 0.1) is 18.2 Å². The van der Waals surface area contributed by atoms with E-state index in [4.69, 9.17) is 4.74 Å². The molecule has 0 spiro atoms. The van der Waals surface area contributed by atoms with E-state index in [0.29, 0.717) is 11.3 Å². The summed E-state index contributed by atoms with van der Waals surface area (Å²) >= 11 is 0. The van der Waals surface area contributed by atoms with Crippen molar-refractivity contribution in [2.24, 2.45) is 0 Å². The second-order valence-corrected chi connectivity index (χ2v) is 5.04. The highest BCUT2D eigenvalue weighted by Gasteiger charge is 2.22. The lowest BCUT2D eigenvalue weighted by Gasteiger charge is -2.12. The molecule has 0 aliphatic carbocycles. The van der Waals surface area contributed by atoms with Gasteiger partial charge in [0.25, 0.3) is 0 Å². The number of hydrogen-bond acceptors (Lipinski definition) is 3. The van der Waals surface area contributed by atoms with Gasteiger partial charge in [-0.15, -0.1) is 0 Å². The molecule has 0 atom stereocenters. The van der Waals surface area contributed by atoms with Crippen molar-refractivity contribution in [3.63, 3.8) is 0 Å². The number of hydrogen-bond donors (Lipinski definition) is 1. The maximum Gasteiger partial charge on any atom is 0.336 e. The summed E-state index contributed by atoms with van der Waals surface area (Å²) in [4.78, 5) is 24.4. The molecule has 0 saturated heterocycles. The van der Waals surface area contributed by atoms with E-state index in [2.05, 4.69) is 0 Å². The molecule has 114 valence electrons. The number of carboxylic acids is 1. The quantitative estimate of drug-likeness (QED) is 0.745. The maximum atomic E-state index is 13.0. The number of aromatic carboxylic acids is 1. The smallest absolute Gasteiger partial charge is 0.336 e. The van der Waals surface area contributed by atoms with Gasteiger partial charge in [-0.3, -0.25) is 4.79 Å². The van der Waals surface area contributed by atoms with Crippen molar-refractivity contribution in [1.82, 2.24) is 0 Å². The first-order chi connectivity index (χ1) is 11.1. The molecule has 0 aliphatic rings. The van der Waals surface area contributed by atoms with Gasteiger partial charge in [-0.2, -0.15) is 0 Å². The molecule has 0 saturated carbocycles. The van der Waals surface area contributed by atoms with Crippen LogP contribution in [0.25, 0.3) is 10.8 Å². The molecule has 0 aliphatic heterocycles. The highest BCUT2D eigenvalue weighted by Crippen LogP contribution is 2.30. The van der Waals surface area contributed by atoms with Crippen molar-refractivity contribution in [1.29, 1.82) is 0 Å². The molecular formula is C19H14O4. The molecule has 0 radical (unpaired) electrons. The third-order valence-electron chi connectivity index (χ3n) is 3.74. The SMILES string of the molecule is COc1ccc2ccccc2c1C(=O)c1ccccc1C(=O)O. The van der Waals surface area contributed by atoms with E-state index in [9.17, 15) is 14.7 Å². The summed E-state index contributed by atoms with van der Waals surface area (Å²) in [5.74, 6) is -1.07. The van der Waals surface area contributed by atoms with Crippen LogP contribution in [-0.4, -0.2) is 24.0 Å². The number of methoxy groups -OCH3 is 1. The van der Waals surface area contributed by atoms with Crippen LogP contribution in [0.5, 0.6) is 5.75 Å². The van der Waals surface area contributed by atoms with E-state index in [-0.39, 0.29) is 16.9 Å². The first-order valence-corrected chi connectivity index (χ1v) is 7.06. The van der Waals surface area contributed by atoms with Crippen LogP contribution in [0, 0.1) is 0 Å². The van der Waals surface area contributed by atoms with Gasteiger partial charge in [0.1, 0.15) is 5.75 Å². The third kappa shape index (κ3) is 2.55. The number of benzene rings is 3. The van der Waals surface area contributed by atoms with Crippen LogP contribution in [0.15, 0.2) is 60.7 Å². The summed E-state index contributed by atoms with van der Waals surface area (Å²) in [7, 11) is 1.49. The molecule has 3 aromatic rings. The second kappa shape index (κ2) is 5.93. The Hall–Kier alpha value is -3.14. The fourth-order valence-electron chi connectivity index (χ4n) is 2.66. The summed E-state index contributed by atoms with van der Waals surface area (Å²) in [6.45, 7) is 0. The molecule has 3 rings (SSSR count).